The standard InChI is InChI=1S/C9H5Cl2N3O/c10-6-1-7(11)3-9(2-6)14-4-8(5-15)12-13-14/h1-5H. The van der Waals surface area contributed by atoms with Crippen molar-refractivity contribution in [2.24, 2.45) is 0 Å². The lowest BCUT2D eigenvalue weighted by atomic mass is 10.3. The van der Waals surface area contributed by atoms with Crippen molar-refractivity contribution in [2.75, 3.05) is 0 Å². The zero-order valence-electron chi connectivity index (χ0n) is 7.39. The van der Waals surface area contributed by atoms with Gasteiger partial charge in [0.1, 0.15) is 5.69 Å². The second-order valence-electron chi connectivity index (χ2n) is 2.83. The van der Waals surface area contributed by atoms with Crippen LogP contribution in [0.3, 0.4) is 0 Å². The summed E-state index contributed by atoms with van der Waals surface area (Å²) in [4.78, 5) is 10.4. The van der Waals surface area contributed by atoms with E-state index < -0.39 is 0 Å². The van der Waals surface area contributed by atoms with Crippen LogP contribution >= 0.6 is 23.2 Å². The minimum atomic E-state index is 0.256. The number of carbonyl (C=O) groups is 1. The van der Waals surface area contributed by atoms with E-state index in [0.717, 1.165) is 0 Å². The van der Waals surface area contributed by atoms with Crippen molar-refractivity contribution < 1.29 is 4.79 Å². The Balaban J connectivity index is 2.48. The molecule has 0 saturated heterocycles. The van der Waals surface area contributed by atoms with Gasteiger partial charge in [-0.25, -0.2) is 4.68 Å². The van der Waals surface area contributed by atoms with Gasteiger partial charge in [0.05, 0.1) is 11.9 Å². The summed E-state index contributed by atoms with van der Waals surface area (Å²) in [5.74, 6) is 0. The summed E-state index contributed by atoms with van der Waals surface area (Å²) in [7, 11) is 0. The smallest absolute Gasteiger partial charge is 0.171 e. The molecule has 1 aromatic carbocycles. The van der Waals surface area contributed by atoms with Crippen LogP contribution in [0.15, 0.2) is 24.4 Å². The van der Waals surface area contributed by atoms with Crippen molar-refractivity contribution in [3.8, 4) is 5.69 Å². The molecule has 2 rings (SSSR count). The largest absolute Gasteiger partial charge is 0.296 e. The maximum Gasteiger partial charge on any atom is 0.171 e. The quantitative estimate of drug-likeness (QED) is 0.759. The molecule has 1 aromatic heterocycles. The van der Waals surface area contributed by atoms with E-state index >= 15 is 0 Å². The third-order valence-electron chi connectivity index (χ3n) is 1.74. The van der Waals surface area contributed by atoms with Gasteiger partial charge in [-0.1, -0.05) is 28.4 Å². The molecular weight excluding hydrogens is 237 g/mol. The Morgan fingerprint density at radius 2 is 1.87 bits per heavy atom. The number of hydrogen-bond donors (Lipinski definition) is 0. The number of benzene rings is 1. The molecular formula is C9H5Cl2N3O. The molecule has 0 amide bonds. The first-order chi connectivity index (χ1) is 7.19. The fourth-order valence-corrected chi connectivity index (χ4v) is 1.64. The highest BCUT2D eigenvalue weighted by molar-refractivity contribution is 6.34. The Morgan fingerprint density at radius 1 is 1.20 bits per heavy atom. The maximum atomic E-state index is 10.4. The predicted octanol–water partition coefficient (Wildman–Crippen LogP) is 2.39. The topological polar surface area (TPSA) is 47.8 Å². The van der Waals surface area contributed by atoms with Gasteiger partial charge in [-0.15, -0.1) is 5.10 Å². The molecule has 0 aliphatic carbocycles. The highest BCUT2D eigenvalue weighted by Crippen LogP contribution is 2.21. The van der Waals surface area contributed by atoms with Crippen LogP contribution in [-0.4, -0.2) is 21.3 Å². The fraction of sp³-hybridized carbons (Fsp3) is 0. The van der Waals surface area contributed by atoms with Gasteiger partial charge >= 0.3 is 0 Å². The molecule has 0 atom stereocenters. The average Bonchev–Trinajstić information content (AvgIpc) is 2.64. The van der Waals surface area contributed by atoms with E-state index in [1.807, 2.05) is 0 Å². The first-order valence-corrected chi connectivity index (χ1v) is 4.78. The molecule has 0 radical (unpaired) electrons. The van der Waals surface area contributed by atoms with Gasteiger partial charge in [0.15, 0.2) is 6.29 Å². The molecule has 0 bridgehead atoms. The first kappa shape index (κ1) is 10.1. The van der Waals surface area contributed by atoms with Crippen molar-refractivity contribution >= 4 is 29.5 Å². The SMILES string of the molecule is O=Cc1cn(-c2cc(Cl)cc(Cl)c2)nn1. The zero-order valence-corrected chi connectivity index (χ0v) is 8.90. The third-order valence-corrected chi connectivity index (χ3v) is 2.18. The summed E-state index contributed by atoms with van der Waals surface area (Å²) in [6.45, 7) is 0. The summed E-state index contributed by atoms with van der Waals surface area (Å²) < 4.78 is 1.43. The molecule has 0 aliphatic rings. The van der Waals surface area contributed by atoms with Gasteiger partial charge in [-0.05, 0) is 18.2 Å². The molecule has 0 saturated carbocycles. The fourth-order valence-electron chi connectivity index (χ4n) is 1.13. The lowest BCUT2D eigenvalue weighted by molar-refractivity contribution is 0.111. The van der Waals surface area contributed by atoms with Gasteiger partial charge in [0.2, 0.25) is 0 Å². The molecule has 1 heterocycles. The number of halogens is 2. The number of carbonyl (C=O) groups excluding carboxylic acids is 1. The summed E-state index contributed by atoms with van der Waals surface area (Å²) in [5.41, 5.74) is 0.916. The van der Waals surface area contributed by atoms with E-state index in [1.165, 1.54) is 10.9 Å². The van der Waals surface area contributed by atoms with Crippen LogP contribution in [0.25, 0.3) is 5.69 Å². The number of rotatable bonds is 2. The molecule has 2 aromatic rings. The Morgan fingerprint density at radius 3 is 2.40 bits per heavy atom. The van der Waals surface area contributed by atoms with Crippen LogP contribution in [0.4, 0.5) is 0 Å². The Hall–Kier alpha value is -1.39. The third kappa shape index (κ3) is 2.16. The number of nitrogens with zero attached hydrogens (tertiary/aromatic N) is 3. The molecule has 6 heteroatoms. The monoisotopic (exact) mass is 241 g/mol. The lowest BCUT2D eigenvalue weighted by Gasteiger charge is -2.01. The van der Waals surface area contributed by atoms with Gasteiger partial charge < -0.3 is 0 Å². The predicted molar refractivity (Wildman–Crippen MR) is 56.8 cm³/mol. The Kier molecular flexibility index (Phi) is 2.70. The summed E-state index contributed by atoms with van der Waals surface area (Å²) >= 11 is 11.7. The number of aromatic nitrogens is 3. The Bertz CT molecular complexity index is 490. The number of hydrogen-bond acceptors (Lipinski definition) is 3. The van der Waals surface area contributed by atoms with Gasteiger partial charge in [-0.2, -0.15) is 0 Å². The first-order valence-electron chi connectivity index (χ1n) is 4.03. The van der Waals surface area contributed by atoms with E-state index in [-0.39, 0.29) is 5.69 Å². The zero-order chi connectivity index (χ0) is 10.8. The minimum absolute atomic E-state index is 0.256. The van der Waals surface area contributed by atoms with Crippen molar-refractivity contribution in [3.63, 3.8) is 0 Å². The van der Waals surface area contributed by atoms with Crippen LogP contribution in [0.5, 0.6) is 0 Å². The molecule has 15 heavy (non-hydrogen) atoms. The molecule has 0 fully saturated rings. The summed E-state index contributed by atoms with van der Waals surface area (Å²) in [6.07, 6.45) is 2.12. The van der Waals surface area contributed by atoms with Crippen molar-refractivity contribution in [1.29, 1.82) is 0 Å². The van der Waals surface area contributed by atoms with Crippen molar-refractivity contribution in [3.05, 3.63) is 40.1 Å². The van der Waals surface area contributed by atoms with Crippen LogP contribution in [-0.2, 0) is 0 Å². The highest BCUT2D eigenvalue weighted by atomic mass is 35.5. The van der Waals surface area contributed by atoms with E-state index in [2.05, 4.69) is 10.3 Å². The summed E-state index contributed by atoms with van der Waals surface area (Å²) in [5, 5.41) is 8.39. The van der Waals surface area contributed by atoms with Gasteiger partial charge in [0, 0.05) is 10.0 Å². The molecule has 0 unspecified atom stereocenters. The van der Waals surface area contributed by atoms with E-state index in [1.54, 1.807) is 18.2 Å². The van der Waals surface area contributed by atoms with E-state index in [4.69, 9.17) is 23.2 Å². The molecule has 0 spiro atoms. The van der Waals surface area contributed by atoms with Crippen LogP contribution in [0, 0.1) is 0 Å². The highest BCUT2D eigenvalue weighted by Gasteiger charge is 2.03. The molecule has 0 aliphatic heterocycles. The van der Waals surface area contributed by atoms with Crippen molar-refractivity contribution in [1.82, 2.24) is 15.0 Å². The van der Waals surface area contributed by atoms with Crippen LogP contribution < -0.4 is 0 Å². The minimum Gasteiger partial charge on any atom is -0.296 e. The van der Waals surface area contributed by atoms with E-state index in [9.17, 15) is 4.79 Å². The number of aldehydes is 1. The normalized spacial score (nSPS) is 10.3. The summed E-state index contributed by atoms with van der Waals surface area (Å²) in [6, 6.07) is 4.97. The van der Waals surface area contributed by atoms with Crippen LogP contribution in [0.2, 0.25) is 10.0 Å². The second kappa shape index (κ2) is 4.00. The van der Waals surface area contributed by atoms with Crippen LogP contribution in [0.1, 0.15) is 10.5 Å². The van der Waals surface area contributed by atoms with Gasteiger partial charge in [0.25, 0.3) is 0 Å². The molecule has 4 nitrogen and oxygen atoms in total. The maximum absolute atomic E-state index is 10.4. The van der Waals surface area contributed by atoms with Gasteiger partial charge in [-0.3, -0.25) is 4.79 Å². The average molecular weight is 242 g/mol. The molecule has 0 N–H and O–H groups in total. The second-order valence-corrected chi connectivity index (χ2v) is 3.71. The Labute approximate surface area is 95.4 Å². The van der Waals surface area contributed by atoms with E-state index in [0.29, 0.717) is 22.0 Å². The lowest BCUT2D eigenvalue weighted by Crippen LogP contribution is -1.94. The molecule has 76 valence electrons. The van der Waals surface area contributed by atoms with Crippen molar-refractivity contribution in [2.45, 2.75) is 0 Å².